The van der Waals surface area contributed by atoms with E-state index in [1.807, 2.05) is 38.7 Å². The second kappa shape index (κ2) is 6.90. The van der Waals surface area contributed by atoms with Gasteiger partial charge in [0.25, 0.3) is 5.91 Å². The number of carbonyl (C=O) groups excluding carboxylic acids is 1. The molecule has 1 fully saturated rings. The minimum Gasteiger partial charge on any atom is -0.465 e. The summed E-state index contributed by atoms with van der Waals surface area (Å²) in [5, 5.41) is 6.72. The van der Waals surface area contributed by atoms with Crippen molar-refractivity contribution in [2.24, 2.45) is 0 Å². The molecule has 7 heteroatoms. The van der Waals surface area contributed by atoms with Crippen LogP contribution in [0, 0.1) is 6.92 Å². The van der Waals surface area contributed by atoms with Crippen molar-refractivity contribution in [2.45, 2.75) is 58.9 Å². The zero-order valence-corrected chi connectivity index (χ0v) is 15.3. The van der Waals surface area contributed by atoms with Gasteiger partial charge in [-0.1, -0.05) is 13.8 Å². The van der Waals surface area contributed by atoms with Crippen LogP contribution < -0.4 is 5.69 Å². The zero-order chi connectivity index (χ0) is 18.1. The van der Waals surface area contributed by atoms with Gasteiger partial charge in [-0.05, 0) is 32.8 Å². The molecule has 1 saturated heterocycles. The van der Waals surface area contributed by atoms with E-state index >= 15 is 0 Å². The van der Waals surface area contributed by atoms with Gasteiger partial charge in [0.15, 0.2) is 0 Å². The maximum atomic E-state index is 13.0. The van der Waals surface area contributed by atoms with Crippen LogP contribution in [-0.4, -0.2) is 38.7 Å². The lowest BCUT2D eigenvalue weighted by Gasteiger charge is -2.32. The number of rotatable bonds is 4. The number of aryl methyl sites for hydroxylation is 1. The van der Waals surface area contributed by atoms with Gasteiger partial charge in [-0.15, -0.1) is 0 Å². The first-order valence-corrected chi connectivity index (χ1v) is 8.97. The number of aromatic amines is 1. The molecular weight excluding hydrogens is 320 g/mol. The van der Waals surface area contributed by atoms with Gasteiger partial charge in [0.2, 0.25) is 0 Å². The van der Waals surface area contributed by atoms with Crippen LogP contribution in [0.3, 0.4) is 0 Å². The number of nitrogens with one attached hydrogen (secondary N) is 1. The van der Waals surface area contributed by atoms with Gasteiger partial charge >= 0.3 is 5.69 Å². The molecule has 136 valence electrons. The minimum atomic E-state index is -0.187. The molecule has 3 heterocycles. The summed E-state index contributed by atoms with van der Waals surface area (Å²) in [6.07, 6.45) is 1.82. The molecule has 1 atom stereocenters. The molecule has 0 bridgehead atoms. The predicted molar refractivity (Wildman–Crippen MR) is 93.9 cm³/mol. The third-order valence-corrected chi connectivity index (χ3v) is 4.91. The van der Waals surface area contributed by atoms with Gasteiger partial charge in [-0.25, -0.2) is 9.89 Å². The van der Waals surface area contributed by atoms with E-state index in [1.54, 1.807) is 4.57 Å². The lowest BCUT2D eigenvalue weighted by Crippen LogP contribution is -2.40. The summed E-state index contributed by atoms with van der Waals surface area (Å²) in [7, 11) is 0. The molecule has 1 aliphatic rings. The van der Waals surface area contributed by atoms with Crippen molar-refractivity contribution in [1.29, 1.82) is 0 Å². The third-order valence-electron chi connectivity index (χ3n) is 4.91. The highest BCUT2D eigenvalue weighted by atomic mass is 16.3. The molecule has 25 heavy (non-hydrogen) atoms. The number of aromatic nitrogens is 3. The highest BCUT2D eigenvalue weighted by Crippen LogP contribution is 2.28. The summed E-state index contributed by atoms with van der Waals surface area (Å²) in [5.41, 5.74) is 0.451. The molecule has 1 N–H and O–H groups in total. The predicted octanol–water partition coefficient (Wildman–Crippen LogP) is 2.64. The molecule has 0 radical (unpaired) electrons. The Kier molecular flexibility index (Phi) is 4.83. The fraction of sp³-hybridized carbons (Fsp3) is 0.611. The number of carbonyl (C=O) groups is 1. The van der Waals surface area contributed by atoms with E-state index < -0.39 is 0 Å². The molecule has 0 aromatic carbocycles. The third kappa shape index (κ3) is 3.27. The van der Waals surface area contributed by atoms with Crippen molar-refractivity contribution in [1.82, 2.24) is 19.7 Å². The number of likely N-dealkylation sites (tertiary alicyclic amines) is 1. The maximum absolute atomic E-state index is 13.0. The van der Waals surface area contributed by atoms with Crippen molar-refractivity contribution in [3.8, 4) is 0 Å². The van der Waals surface area contributed by atoms with Crippen molar-refractivity contribution < 1.29 is 9.21 Å². The Morgan fingerprint density at radius 2 is 2.24 bits per heavy atom. The van der Waals surface area contributed by atoms with Crippen LogP contribution in [0.15, 0.2) is 15.3 Å². The van der Waals surface area contributed by atoms with E-state index in [1.165, 1.54) is 0 Å². The average molecular weight is 346 g/mol. The van der Waals surface area contributed by atoms with Crippen molar-refractivity contribution in [3.63, 3.8) is 0 Å². The van der Waals surface area contributed by atoms with Gasteiger partial charge in [-0.2, -0.15) is 5.10 Å². The van der Waals surface area contributed by atoms with Crippen molar-refractivity contribution >= 4 is 5.91 Å². The minimum absolute atomic E-state index is 0.00113. The summed E-state index contributed by atoms with van der Waals surface area (Å²) in [5.74, 6) is 2.57. The molecule has 0 saturated carbocycles. The van der Waals surface area contributed by atoms with Crippen LogP contribution in [0.2, 0.25) is 0 Å². The fourth-order valence-corrected chi connectivity index (χ4v) is 3.49. The second-order valence-electron chi connectivity index (χ2n) is 6.99. The lowest BCUT2D eigenvalue weighted by molar-refractivity contribution is 0.0701. The molecule has 3 rings (SSSR count). The van der Waals surface area contributed by atoms with Crippen LogP contribution in [-0.2, 0) is 6.54 Å². The largest absolute Gasteiger partial charge is 0.465 e. The van der Waals surface area contributed by atoms with Crippen molar-refractivity contribution in [3.05, 3.63) is 39.5 Å². The molecule has 2 aromatic heterocycles. The first-order valence-electron chi connectivity index (χ1n) is 8.97. The molecule has 7 nitrogen and oxygen atoms in total. The molecular formula is C18H26N4O3. The Bertz CT molecular complexity index is 815. The SMILES string of the molecule is CCn1c([C@@H]2CCCN(C(=O)c3cc(C(C)C)oc3C)C2)n[nH]c1=O. The molecule has 0 unspecified atom stereocenters. The fourth-order valence-electron chi connectivity index (χ4n) is 3.49. The lowest BCUT2D eigenvalue weighted by atomic mass is 9.96. The number of amides is 1. The van der Waals surface area contributed by atoms with Crippen LogP contribution in [0.25, 0.3) is 0 Å². The number of piperidine rings is 1. The highest BCUT2D eigenvalue weighted by Gasteiger charge is 2.30. The average Bonchev–Trinajstić information content (AvgIpc) is 3.17. The van der Waals surface area contributed by atoms with Gasteiger partial charge < -0.3 is 9.32 Å². The summed E-state index contributed by atoms with van der Waals surface area (Å²) in [4.78, 5) is 26.6. The molecule has 0 aliphatic carbocycles. The molecule has 0 spiro atoms. The zero-order valence-electron chi connectivity index (χ0n) is 15.3. The Hall–Kier alpha value is -2.31. The smallest absolute Gasteiger partial charge is 0.343 e. The van der Waals surface area contributed by atoms with E-state index in [2.05, 4.69) is 10.2 Å². The molecule has 2 aromatic rings. The van der Waals surface area contributed by atoms with Crippen LogP contribution in [0.5, 0.6) is 0 Å². The van der Waals surface area contributed by atoms with Gasteiger partial charge in [0.1, 0.15) is 17.3 Å². The summed E-state index contributed by atoms with van der Waals surface area (Å²) >= 11 is 0. The summed E-state index contributed by atoms with van der Waals surface area (Å²) in [6, 6.07) is 1.86. The Morgan fingerprint density at radius 1 is 1.48 bits per heavy atom. The number of nitrogens with zero attached hydrogens (tertiary/aromatic N) is 3. The second-order valence-corrected chi connectivity index (χ2v) is 6.99. The van der Waals surface area contributed by atoms with E-state index in [9.17, 15) is 9.59 Å². The Morgan fingerprint density at radius 3 is 2.88 bits per heavy atom. The van der Waals surface area contributed by atoms with E-state index in [0.717, 1.165) is 31.0 Å². The summed E-state index contributed by atoms with van der Waals surface area (Å²) < 4.78 is 7.38. The van der Waals surface area contributed by atoms with Gasteiger partial charge in [0.05, 0.1) is 5.56 Å². The van der Waals surface area contributed by atoms with Crippen LogP contribution >= 0.6 is 0 Å². The topological polar surface area (TPSA) is 84.1 Å². The number of furan rings is 1. The normalized spacial score (nSPS) is 18.1. The van der Waals surface area contributed by atoms with Crippen LogP contribution in [0.4, 0.5) is 0 Å². The quantitative estimate of drug-likeness (QED) is 0.922. The maximum Gasteiger partial charge on any atom is 0.343 e. The van der Waals surface area contributed by atoms with Gasteiger partial charge in [-0.3, -0.25) is 9.36 Å². The first-order chi connectivity index (χ1) is 11.9. The number of H-pyrrole nitrogens is 1. The first kappa shape index (κ1) is 17.5. The standard InChI is InChI=1S/C18H26N4O3/c1-5-22-16(19-20-18(22)24)13-7-6-8-21(10-13)17(23)14-9-15(11(2)3)25-12(14)4/h9,11,13H,5-8,10H2,1-4H3,(H,20,24)/t13-/m1/s1. The Labute approximate surface area is 147 Å². The number of hydrogen-bond donors (Lipinski definition) is 1. The van der Waals surface area contributed by atoms with Crippen molar-refractivity contribution in [2.75, 3.05) is 13.1 Å². The molecule has 1 aliphatic heterocycles. The van der Waals surface area contributed by atoms with E-state index in [-0.39, 0.29) is 23.4 Å². The Balaban J connectivity index is 1.81. The summed E-state index contributed by atoms with van der Waals surface area (Å²) in [6.45, 7) is 9.73. The van der Waals surface area contributed by atoms with Gasteiger partial charge in [0, 0.05) is 31.5 Å². The van der Waals surface area contributed by atoms with E-state index in [4.69, 9.17) is 4.42 Å². The molecule has 1 amide bonds. The highest BCUT2D eigenvalue weighted by molar-refractivity contribution is 5.95. The number of hydrogen-bond acceptors (Lipinski definition) is 4. The monoisotopic (exact) mass is 346 g/mol. The van der Waals surface area contributed by atoms with Crippen LogP contribution in [0.1, 0.15) is 73.2 Å². The van der Waals surface area contributed by atoms with E-state index in [0.29, 0.717) is 24.4 Å².